The Bertz CT molecular complexity index is 1160. The summed E-state index contributed by atoms with van der Waals surface area (Å²) in [5.74, 6) is -0.312. The van der Waals surface area contributed by atoms with Gasteiger partial charge in [-0.1, -0.05) is 6.07 Å². The number of thiophene rings is 1. The lowest BCUT2D eigenvalue weighted by atomic mass is 10.2. The quantitative estimate of drug-likeness (QED) is 0.625. The summed E-state index contributed by atoms with van der Waals surface area (Å²) in [7, 11) is -5.77. The SMILES string of the molecule is Cc1ccc(S(=O)(=O)N2CCN(C(=O)c3cccc(S(=O)(=O)N(C)C(C)C)c3)CC2)s1. The number of amides is 1. The van der Waals surface area contributed by atoms with Crippen molar-refractivity contribution in [3.8, 4) is 0 Å². The Hall–Kier alpha value is -1.79. The van der Waals surface area contributed by atoms with Crippen molar-refractivity contribution < 1.29 is 21.6 Å². The predicted octanol–water partition coefficient (Wildman–Crippen LogP) is 2.23. The van der Waals surface area contributed by atoms with E-state index in [1.807, 2.05) is 6.92 Å². The van der Waals surface area contributed by atoms with Gasteiger partial charge in [-0.15, -0.1) is 11.3 Å². The van der Waals surface area contributed by atoms with Crippen LogP contribution in [0.15, 0.2) is 45.5 Å². The molecule has 0 spiro atoms. The lowest BCUT2D eigenvalue weighted by Gasteiger charge is -2.33. The van der Waals surface area contributed by atoms with Crippen LogP contribution in [0.4, 0.5) is 0 Å². The van der Waals surface area contributed by atoms with E-state index in [9.17, 15) is 21.6 Å². The van der Waals surface area contributed by atoms with Gasteiger partial charge >= 0.3 is 0 Å². The number of piperazine rings is 1. The van der Waals surface area contributed by atoms with E-state index >= 15 is 0 Å². The standard InChI is InChI=1S/C20H27N3O5S3/c1-15(2)21(4)30(25,26)18-7-5-6-17(14-18)20(24)22-10-12-23(13-11-22)31(27,28)19-9-8-16(3)29-19/h5-9,14-15H,10-13H2,1-4H3. The van der Waals surface area contributed by atoms with Gasteiger partial charge in [0.05, 0.1) is 4.90 Å². The summed E-state index contributed by atoms with van der Waals surface area (Å²) < 4.78 is 54.0. The second-order valence-corrected chi connectivity index (χ2v) is 13.2. The zero-order valence-corrected chi connectivity index (χ0v) is 20.4. The Morgan fingerprint density at radius 2 is 1.68 bits per heavy atom. The molecule has 0 aliphatic carbocycles. The number of carbonyl (C=O) groups excluding carboxylic acids is 1. The van der Waals surface area contributed by atoms with E-state index in [1.54, 1.807) is 43.0 Å². The van der Waals surface area contributed by atoms with E-state index in [0.717, 1.165) is 4.88 Å². The van der Waals surface area contributed by atoms with E-state index in [4.69, 9.17) is 0 Å². The van der Waals surface area contributed by atoms with Gasteiger partial charge in [-0.25, -0.2) is 16.8 Å². The maximum absolute atomic E-state index is 13.0. The number of hydrogen-bond acceptors (Lipinski definition) is 6. The second-order valence-electron chi connectivity index (χ2n) is 7.70. The van der Waals surface area contributed by atoms with Crippen molar-refractivity contribution in [2.24, 2.45) is 0 Å². The first-order valence-corrected chi connectivity index (χ1v) is 13.6. The zero-order valence-electron chi connectivity index (χ0n) is 18.0. The van der Waals surface area contributed by atoms with Crippen LogP contribution in [0.25, 0.3) is 0 Å². The fraction of sp³-hybridized carbons (Fsp3) is 0.450. The summed E-state index contributed by atoms with van der Waals surface area (Å²) in [5.41, 5.74) is 0.267. The van der Waals surface area contributed by atoms with Crippen molar-refractivity contribution in [2.75, 3.05) is 33.2 Å². The van der Waals surface area contributed by atoms with Gasteiger partial charge in [-0.05, 0) is 51.1 Å². The zero-order chi connectivity index (χ0) is 23.0. The van der Waals surface area contributed by atoms with E-state index in [2.05, 4.69) is 0 Å². The summed E-state index contributed by atoms with van der Waals surface area (Å²) >= 11 is 1.23. The van der Waals surface area contributed by atoms with Crippen LogP contribution in [0, 0.1) is 6.92 Å². The molecule has 1 aromatic heterocycles. The topological polar surface area (TPSA) is 95.1 Å². The van der Waals surface area contributed by atoms with Crippen molar-refractivity contribution in [3.63, 3.8) is 0 Å². The second kappa shape index (κ2) is 8.99. The molecule has 1 aliphatic rings. The normalized spacial score (nSPS) is 16.3. The minimum Gasteiger partial charge on any atom is -0.336 e. The van der Waals surface area contributed by atoms with Crippen molar-refractivity contribution in [1.82, 2.24) is 13.5 Å². The summed E-state index contributed by atoms with van der Waals surface area (Å²) in [4.78, 5) is 15.5. The Kier molecular flexibility index (Phi) is 6.92. The molecule has 1 aliphatic heterocycles. The van der Waals surface area contributed by atoms with Crippen molar-refractivity contribution in [3.05, 3.63) is 46.8 Å². The molecule has 31 heavy (non-hydrogen) atoms. The molecule has 0 radical (unpaired) electrons. The first-order chi connectivity index (χ1) is 14.4. The molecule has 11 heteroatoms. The Labute approximate surface area is 188 Å². The van der Waals surface area contributed by atoms with Crippen molar-refractivity contribution in [2.45, 2.75) is 35.9 Å². The molecule has 8 nitrogen and oxygen atoms in total. The van der Waals surface area contributed by atoms with Gasteiger partial charge in [0.1, 0.15) is 4.21 Å². The van der Waals surface area contributed by atoms with Gasteiger partial charge in [0.15, 0.2) is 0 Å². The maximum Gasteiger partial charge on any atom is 0.253 e. The average molecular weight is 486 g/mol. The number of rotatable bonds is 6. The van der Waals surface area contributed by atoms with Gasteiger partial charge < -0.3 is 4.90 Å². The molecule has 1 aromatic carbocycles. The lowest BCUT2D eigenvalue weighted by molar-refractivity contribution is 0.0697. The van der Waals surface area contributed by atoms with Crippen LogP contribution >= 0.6 is 11.3 Å². The number of hydrogen-bond donors (Lipinski definition) is 0. The highest BCUT2D eigenvalue weighted by atomic mass is 32.2. The maximum atomic E-state index is 13.0. The molecule has 0 N–H and O–H groups in total. The fourth-order valence-corrected chi connectivity index (χ4v) is 7.50. The number of benzene rings is 1. The monoisotopic (exact) mass is 485 g/mol. The van der Waals surface area contributed by atoms with Crippen LogP contribution in [0.5, 0.6) is 0 Å². The van der Waals surface area contributed by atoms with Crippen LogP contribution < -0.4 is 0 Å². The van der Waals surface area contributed by atoms with Crippen LogP contribution in [-0.2, 0) is 20.0 Å². The molecule has 0 unspecified atom stereocenters. The fourth-order valence-electron chi connectivity index (χ4n) is 3.23. The van der Waals surface area contributed by atoms with Crippen LogP contribution in [0.3, 0.4) is 0 Å². The molecule has 1 amide bonds. The highest BCUT2D eigenvalue weighted by Crippen LogP contribution is 2.25. The predicted molar refractivity (Wildman–Crippen MR) is 120 cm³/mol. The highest BCUT2D eigenvalue weighted by molar-refractivity contribution is 7.91. The molecular weight excluding hydrogens is 458 g/mol. The molecule has 1 fully saturated rings. The molecule has 2 aromatic rings. The smallest absolute Gasteiger partial charge is 0.253 e. The first kappa shape index (κ1) is 23.9. The van der Waals surface area contributed by atoms with Gasteiger partial charge in [-0.3, -0.25) is 4.79 Å². The third-order valence-electron chi connectivity index (χ3n) is 5.32. The van der Waals surface area contributed by atoms with Gasteiger partial charge in [-0.2, -0.15) is 8.61 Å². The molecule has 170 valence electrons. The van der Waals surface area contributed by atoms with Gasteiger partial charge in [0.25, 0.3) is 15.9 Å². The van der Waals surface area contributed by atoms with Crippen LogP contribution in [-0.4, -0.2) is 75.5 Å². The van der Waals surface area contributed by atoms with Crippen molar-refractivity contribution in [1.29, 1.82) is 0 Å². The van der Waals surface area contributed by atoms with Crippen LogP contribution in [0.2, 0.25) is 0 Å². The molecule has 1 saturated heterocycles. The number of aryl methyl sites for hydroxylation is 1. The summed E-state index contributed by atoms with van der Waals surface area (Å²) in [5, 5.41) is 0. The summed E-state index contributed by atoms with van der Waals surface area (Å²) in [6, 6.07) is 9.14. The van der Waals surface area contributed by atoms with Crippen molar-refractivity contribution >= 4 is 37.3 Å². The van der Waals surface area contributed by atoms with Gasteiger partial charge in [0, 0.05) is 49.7 Å². The Balaban J connectivity index is 1.73. The van der Waals surface area contributed by atoms with E-state index in [-0.39, 0.29) is 48.6 Å². The van der Waals surface area contributed by atoms with E-state index < -0.39 is 20.0 Å². The molecule has 0 saturated carbocycles. The Morgan fingerprint density at radius 1 is 1.03 bits per heavy atom. The third-order valence-corrected chi connectivity index (χ3v) is 10.7. The lowest BCUT2D eigenvalue weighted by Crippen LogP contribution is -2.50. The van der Waals surface area contributed by atoms with E-state index in [0.29, 0.717) is 4.21 Å². The molecule has 2 heterocycles. The minimum absolute atomic E-state index is 0.0591. The third kappa shape index (κ3) is 4.85. The summed E-state index contributed by atoms with van der Waals surface area (Å²) in [6.45, 7) is 6.28. The largest absolute Gasteiger partial charge is 0.336 e. The van der Waals surface area contributed by atoms with Gasteiger partial charge in [0.2, 0.25) is 10.0 Å². The first-order valence-electron chi connectivity index (χ1n) is 9.88. The average Bonchev–Trinajstić information content (AvgIpc) is 3.20. The number of carbonyl (C=O) groups is 1. The number of sulfonamides is 2. The summed E-state index contributed by atoms with van der Waals surface area (Å²) in [6.07, 6.45) is 0. The number of nitrogens with zero attached hydrogens (tertiary/aromatic N) is 3. The highest BCUT2D eigenvalue weighted by Gasteiger charge is 2.32. The molecule has 3 rings (SSSR count). The molecule has 0 bridgehead atoms. The van der Waals surface area contributed by atoms with E-state index in [1.165, 1.54) is 39.1 Å². The Morgan fingerprint density at radius 3 is 2.23 bits per heavy atom. The van der Waals surface area contributed by atoms with Crippen LogP contribution in [0.1, 0.15) is 29.1 Å². The molecular formula is C20H27N3O5S3. The molecule has 0 atom stereocenters. The minimum atomic E-state index is -3.71.